The van der Waals surface area contributed by atoms with Gasteiger partial charge in [0.2, 0.25) is 0 Å². The molecule has 0 aliphatic carbocycles. The van der Waals surface area contributed by atoms with Crippen LogP contribution < -0.4 is 10.5 Å². The first-order valence-electron chi connectivity index (χ1n) is 4.09. The Hall–Kier alpha value is -1.82. The lowest BCUT2D eigenvalue weighted by Gasteiger charge is -2.04. The lowest BCUT2D eigenvalue weighted by atomic mass is 10.2. The van der Waals surface area contributed by atoms with Crippen LogP contribution in [-0.2, 0) is 0 Å². The topological polar surface area (TPSA) is 85.4 Å². The predicted octanol–water partition coefficient (Wildman–Crippen LogP) is 1.59. The maximum absolute atomic E-state index is 10.9. The van der Waals surface area contributed by atoms with E-state index in [-0.39, 0.29) is 11.3 Å². The summed E-state index contributed by atoms with van der Waals surface area (Å²) in [5, 5.41) is 9.32. The highest BCUT2D eigenvalue weighted by Gasteiger charge is 2.16. The number of nitrogen functional groups attached to an aromatic ring is 1. The third kappa shape index (κ3) is 1.48. The molecule has 0 atom stereocenters. The van der Waals surface area contributed by atoms with Gasteiger partial charge < -0.3 is 15.6 Å². The summed E-state index contributed by atoms with van der Waals surface area (Å²) in [7, 11) is 1.41. The van der Waals surface area contributed by atoms with E-state index in [4.69, 9.17) is 15.6 Å². The first kappa shape index (κ1) is 9.72. The number of methoxy groups -OCH3 is 1. The van der Waals surface area contributed by atoms with Crippen molar-refractivity contribution in [3.8, 4) is 5.75 Å². The summed E-state index contributed by atoms with van der Waals surface area (Å²) in [6.07, 6.45) is 0. The van der Waals surface area contributed by atoms with Crippen molar-refractivity contribution in [2.24, 2.45) is 0 Å². The highest BCUT2D eigenvalue weighted by molar-refractivity contribution is 7.22. The number of anilines is 1. The Bertz CT molecular complexity index is 535. The van der Waals surface area contributed by atoms with Crippen molar-refractivity contribution in [3.05, 3.63) is 17.7 Å². The maximum atomic E-state index is 10.9. The van der Waals surface area contributed by atoms with Crippen molar-refractivity contribution in [2.75, 3.05) is 12.8 Å². The van der Waals surface area contributed by atoms with Crippen molar-refractivity contribution in [2.45, 2.75) is 0 Å². The molecule has 0 aliphatic heterocycles. The molecule has 0 saturated carbocycles. The van der Waals surface area contributed by atoms with E-state index >= 15 is 0 Å². The maximum Gasteiger partial charge on any atom is 0.339 e. The highest BCUT2D eigenvalue weighted by atomic mass is 32.1. The Kier molecular flexibility index (Phi) is 2.20. The molecule has 78 valence electrons. The number of aromatic carboxylic acids is 1. The fourth-order valence-corrected chi connectivity index (χ4v) is 2.10. The second kappa shape index (κ2) is 3.39. The second-order valence-corrected chi connectivity index (χ2v) is 3.91. The van der Waals surface area contributed by atoms with E-state index in [1.54, 1.807) is 6.07 Å². The van der Waals surface area contributed by atoms with Gasteiger partial charge in [-0.3, -0.25) is 0 Å². The Labute approximate surface area is 89.1 Å². The molecule has 0 radical (unpaired) electrons. The Morgan fingerprint density at radius 1 is 1.60 bits per heavy atom. The molecule has 0 amide bonds. The summed E-state index contributed by atoms with van der Waals surface area (Å²) in [5.41, 5.74) is 6.14. The fourth-order valence-electron chi connectivity index (χ4n) is 1.36. The van der Waals surface area contributed by atoms with Crippen LogP contribution in [0, 0.1) is 0 Å². The number of nitrogens with two attached hydrogens (primary N) is 1. The van der Waals surface area contributed by atoms with Gasteiger partial charge in [-0.1, -0.05) is 11.3 Å². The van der Waals surface area contributed by atoms with Crippen LogP contribution in [0.3, 0.4) is 0 Å². The van der Waals surface area contributed by atoms with Crippen LogP contribution in [0.15, 0.2) is 12.1 Å². The average molecular weight is 224 g/mol. The second-order valence-electron chi connectivity index (χ2n) is 2.85. The molecule has 1 aromatic heterocycles. The van der Waals surface area contributed by atoms with Gasteiger partial charge in [0.15, 0.2) is 10.9 Å². The molecule has 3 N–H and O–H groups in total. The Balaban J connectivity index is 2.80. The molecule has 0 bridgehead atoms. The van der Waals surface area contributed by atoms with Gasteiger partial charge in [0, 0.05) is 0 Å². The van der Waals surface area contributed by atoms with Gasteiger partial charge in [0.05, 0.1) is 11.8 Å². The van der Waals surface area contributed by atoms with Crippen LogP contribution in [0.2, 0.25) is 0 Å². The van der Waals surface area contributed by atoms with Crippen molar-refractivity contribution < 1.29 is 14.6 Å². The standard InChI is InChI=1S/C9H8N2O3S/c1-14-7-4(8(12)13)2-3-5-6(7)11-9(10)15-5/h2-3H,1H3,(H2,10,11)(H,12,13). The normalized spacial score (nSPS) is 10.5. The lowest BCUT2D eigenvalue weighted by Crippen LogP contribution is -2.00. The minimum atomic E-state index is -1.04. The van der Waals surface area contributed by atoms with Gasteiger partial charge in [-0.25, -0.2) is 9.78 Å². The first-order chi connectivity index (χ1) is 7.13. The van der Waals surface area contributed by atoms with Gasteiger partial charge in [-0.15, -0.1) is 0 Å². The third-order valence-corrected chi connectivity index (χ3v) is 2.82. The number of carboxylic acid groups (broad SMARTS) is 1. The number of benzene rings is 1. The SMILES string of the molecule is COc1c(C(=O)O)ccc2sc(N)nc12. The van der Waals surface area contributed by atoms with Crippen LogP contribution in [-0.4, -0.2) is 23.2 Å². The van der Waals surface area contributed by atoms with Gasteiger partial charge in [0.1, 0.15) is 11.1 Å². The molecule has 5 nitrogen and oxygen atoms in total. The molecule has 1 aromatic carbocycles. The van der Waals surface area contributed by atoms with Crippen LogP contribution in [0.4, 0.5) is 5.13 Å². The van der Waals surface area contributed by atoms with Crippen LogP contribution in [0.5, 0.6) is 5.75 Å². The molecule has 2 aromatic rings. The van der Waals surface area contributed by atoms with Crippen molar-refractivity contribution in [1.82, 2.24) is 4.98 Å². The first-order valence-corrected chi connectivity index (χ1v) is 4.91. The van der Waals surface area contributed by atoms with Gasteiger partial charge >= 0.3 is 5.97 Å². The van der Waals surface area contributed by atoms with E-state index in [0.29, 0.717) is 10.6 Å². The number of hydrogen-bond donors (Lipinski definition) is 2. The molecule has 15 heavy (non-hydrogen) atoms. The average Bonchev–Trinajstić information content (AvgIpc) is 2.55. The zero-order valence-corrected chi connectivity index (χ0v) is 8.67. The number of hydrogen-bond acceptors (Lipinski definition) is 5. The predicted molar refractivity (Wildman–Crippen MR) is 57.5 cm³/mol. The summed E-state index contributed by atoms with van der Waals surface area (Å²) >= 11 is 1.30. The Morgan fingerprint density at radius 3 is 2.93 bits per heavy atom. The van der Waals surface area contributed by atoms with Gasteiger partial charge in [-0.05, 0) is 12.1 Å². The number of carboxylic acids is 1. The van der Waals surface area contributed by atoms with E-state index in [9.17, 15) is 4.79 Å². The molecule has 2 rings (SSSR count). The van der Waals surface area contributed by atoms with Crippen LogP contribution in [0.1, 0.15) is 10.4 Å². The molecular formula is C9H8N2O3S. The Morgan fingerprint density at radius 2 is 2.33 bits per heavy atom. The van der Waals surface area contributed by atoms with Crippen molar-refractivity contribution >= 4 is 32.7 Å². The quantitative estimate of drug-likeness (QED) is 0.808. The summed E-state index contributed by atoms with van der Waals surface area (Å²) in [4.78, 5) is 14.9. The summed E-state index contributed by atoms with van der Waals surface area (Å²) in [6.45, 7) is 0. The number of aromatic nitrogens is 1. The molecule has 0 unspecified atom stereocenters. The fraction of sp³-hybridized carbons (Fsp3) is 0.111. The molecule has 0 fully saturated rings. The third-order valence-electron chi connectivity index (χ3n) is 1.97. The summed E-state index contributed by atoms with van der Waals surface area (Å²) in [5.74, 6) is -0.784. The minimum absolute atomic E-state index is 0.0929. The van der Waals surface area contributed by atoms with E-state index in [1.165, 1.54) is 24.5 Å². The molecule has 0 saturated heterocycles. The number of carbonyl (C=O) groups is 1. The molecule has 1 heterocycles. The number of fused-ring (bicyclic) bond motifs is 1. The lowest BCUT2D eigenvalue weighted by molar-refractivity contribution is 0.0693. The molecular weight excluding hydrogens is 216 g/mol. The monoisotopic (exact) mass is 224 g/mol. The van der Waals surface area contributed by atoms with Gasteiger partial charge in [0.25, 0.3) is 0 Å². The number of ether oxygens (including phenoxy) is 1. The zero-order chi connectivity index (χ0) is 11.0. The smallest absolute Gasteiger partial charge is 0.339 e. The zero-order valence-electron chi connectivity index (χ0n) is 7.85. The number of nitrogens with zero attached hydrogens (tertiary/aromatic N) is 1. The number of thiazole rings is 1. The molecule has 6 heteroatoms. The number of rotatable bonds is 2. The van der Waals surface area contributed by atoms with E-state index < -0.39 is 5.97 Å². The highest BCUT2D eigenvalue weighted by Crippen LogP contribution is 2.33. The van der Waals surface area contributed by atoms with Crippen LogP contribution >= 0.6 is 11.3 Å². The minimum Gasteiger partial charge on any atom is -0.494 e. The largest absolute Gasteiger partial charge is 0.494 e. The molecule has 0 spiro atoms. The van der Waals surface area contributed by atoms with E-state index in [2.05, 4.69) is 4.98 Å². The van der Waals surface area contributed by atoms with E-state index in [0.717, 1.165) is 4.70 Å². The summed E-state index contributed by atoms with van der Waals surface area (Å²) < 4.78 is 5.86. The van der Waals surface area contributed by atoms with E-state index in [1.807, 2.05) is 0 Å². The van der Waals surface area contributed by atoms with Crippen molar-refractivity contribution in [3.63, 3.8) is 0 Å². The molecule has 0 aliphatic rings. The van der Waals surface area contributed by atoms with Crippen LogP contribution in [0.25, 0.3) is 10.2 Å². The van der Waals surface area contributed by atoms with Crippen molar-refractivity contribution in [1.29, 1.82) is 0 Å². The van der Waals surface area contributed by atoms with Gasteiger partial charge in [-0.2, -0.15) is 0 Å². The summed E-state index contributed by atoms with van der Waals surface area (Å²) in [6, 6.07) is 3.16.